The highest BCUT2D eigenvalue weighted by atomic mass is 15.1. The Balaban J connectivity index is 2.27. The molecule has 0 spiro atoms. The minimum atomic E-state index is 0.803. The van der Waals surface area contributed by atoms with E-state index in [1.165, 1.54) is 19.3 Å². The molecule has 0 saturated carbocycles. The molecule has 1 aromatic rings. The zero-order chi connectivity index (χ0) is 10.2. The van der Waals surface area contributed by atoms with Gasteiger partial charge in [0, 0.05) is 0 Å². The zero-order valence-electron chi connectivity index (χ0n) is 9.15. The summed E-state index contributed by atoms with van der Waals surface area (Å²) in [6.45, 7) is 5.26. The van der Waals surface area contributed by atoms with Gasteiger partial charge in [-0.05, 0) is 25.8 Å². The molecule has 0 aromatic carbocycles. The third-order valence-electron chi connectivity index (χ3n) is 2.39. The van der Waals surface area contributed by atoms with Gasteiger partial charge in [-0.25, -0.2) is 9.13 Å². The van der Waals surface area contributed by atoms with Crippen LogP contribution in [0.25, 0.3) is 0 Å². The van der Waals surface area contributed by atoms with Crippen LogP contribution in [0.15, 0.2) is 18.7 Å². The van der Waals surface area contributed by atoms with Gasteiger partial charge in [0.25, 0.3) is 0 Å². The molecule has 80 valence electrons. The topological polar surface area (TPSA) is 34.8 Å². The normalized spacial score (nSPS) is 10.7. The Labute approximate surface area is 86.5 Å². The molecule has 0 aliphatic carbocycles. The van der Waals surface area contributed by atoms with Crippen LogP contribution in [-0.4, -0.2) is 11.1 Å². The molecular formula is C11H22N3+. The monoisotopic (exact) mass is 196 g/mol. The molecule has 3 heteroatoms. The van der Waals surface area contributed by atoms with Crippen molar-refractivity contribution in [3.8, 4) is 0 Å². The number of rotatable bonds is 7. The average molecular weight is 196 g/mol. The van der Waals surface area contributed by atoms with Gasteiger partial charge in [0.1, 0.15) is 12.4 Å². The van der Waals surface area contributed by atoms with Crippen molar-refractivity contribution in [3.05, 3.63) is 18.7 Å². The van der Waals surface area contributed by atoms with Crippen LogP contribution in [0.2, 0.25) is 0 Å². The molecule has 0 bridgehead atoms. The highest BCUT2D eigenvalue weighted by molar-refractivity contribution is 4.65. The molecule has 14 heavy (non-hydrogen) atoms. The van der Waals surface area contributed by atoms with Crippen LogP contribution in [0.4, 0.5) is 0 Å². The molecule has 0 aliphatic heterocycles. The Morgan fingerprint density at radius 1 is 1.29 bits per heavy atom. The molecule has 0 atom stereocenters. The van der Waals surface area contributed by atoms with Crippen molar-refractivity contribution < 1.29 is 4.57 Å². The molecule has 1 heterocycles. The Morgan fingerprint density at radius 2 is 2.14 bits per heavy atom. The molecule has 0 unspecified atom stereocenters. The standard InChI is InChI=1S/C11H22N3/c1-2-3-7-13-9-10-14(11-13)8-5-4-6-12/h9-11H,2-8,12H2,1H3/q+1. The first-order chi connectivity index (χ1) is 6.86. The number of unbranched alkanes of at least 4 members (excludes halogenated alkanes) is 2. The van der Waals surface area contributed by atoms with Crippen molar-refractivity contribution in [2.45, 2.75) is 45.7 Å². The lowest BCUT2D eigenvalue weighted by Crippen LogP contribution is -2.31. The summed E-state index contributed by atoms with van der Waals surface area (Å²) in [6, 6.07) is 0. The van der Waals surface area contributed by atoms with E-state index in [2.05, 4.69) is 34.8 Å². The van der Waals surface area contributed by atoms with Gasteiger partial charge < -0.3 is 5.73 Å². The van der Waals surface area contributed by atoms with Crippen molar-refractivity contribution >= 4 is 0 Å². The second kappa shape index (κ2) is 6.60. The number of hydrogen-bond donors (Lipinski definition) is 1. The largest absolute Gasteiger partial charge is 0.330 e. The number of nitrogens with two attached hydrogens (primary N) is 1. The third kappa shape index (κ3) is 3.92. The Hall–Kier alpha value is -0.830. The van der Waals surface area contributed by atoms with Crippen molar-refractivity contribution in [1.29, 1.82) is 0 Å². The number of imidazole rings is 1. The second-order valence-electron chi connectivity index (χ2n) is 3.74. The van der Waals surface area contributed by atoms with E-state index in [0.717, 1.165) is 26.1 Å². The number of aromatic nitrogens is 2. The maximum absolute atomic E-state index is 5.45. The van der Waals surface area contributed by atoms with Gasteiger partial charge in [0.05, 0.1) is 13.1 Å². The summed E-state index contributed by atoms with van der Waals surface area (Å²) < 4.78 is 4.50. The predicted octanol–water partition coefficient (Wildman–Crippen LogP) is 1.31. The van der Waals surface area contributed by atoms with Crippen molar-refractivity contribution in [2.24, 2.45) is 5.73 Å². The molecule has 1 rings (SSSR count). The van der Waals surface area contributed by atoms with Gasteiger partial charge in [-0.1, -0.05) is 13.3 Å². The zero-order valence-corrected chi connectivity index (χ0v) is 9.15. The quantitative estimate of drug-likeness (QED) is 0.518. The fourth-order valence-corrected chi connectivity index (χ4v) is 1.48. The molecule has 3 nitrogen and oxygen atoms in total. The summed E-state index contributed by atoms with van der Waals surface area (Å²) in [5.74, 6) is 0. The maximum atomic E-state index is 5.45. The summed E-state index contributed by atoms with van der Waals surface area (Å²) in [6.07, 6.45) is 11.3. The van der Waals surface area contributed by atoms with Crippen LogP contribution in [-0.2, 0) is 13.1 Å². The Morgan fingerprint density at radius 3 is 2.86 bits per heavy atom. The molecule has 0 saturated heterocycles. The van der Waals surface area contributed by atoms with Gasteiger partial charge in [-0.3, -0.25) is 0 Å². The molecule has 2 N–H and O–H groups in total. The molecule has 0 fully saturated rings. The van der Waals surface area contributed by atoms with Crippen LogP contribution in [0.3, 0.4) is 0 Å². The van der Waals surface area contributed by atoms with Gasteiger partial charge in [-0.15, -0.1) is 0 Å². The lowest BCUT2D eigenvalue weighted by molar-refractivity contribution is -0.696. The first kappa shape index (κ1) is 11.2. The highest BCUT2D eigenvalue weighted by Crippen LogP contribution is 1.93. The highest BCUT2D eigenvalue weighted by Gasteiger charge is 2.01. The van der Waals surface area contributed by atoms with E-state index in [9.17, 15) is 0 Å². The second-order valence-corrected chi connectivity index (χ2v) is 3.74. The Bertz CT molecular complexity index is 242. The first-order valence-corrected chi connectivity index (χ1v) is 5.61. The Kier molecular flexibility index (Phi) is 5.30. The minimum absolute atomic E-state index is 0.803. The molecule has 1 aromatic heterocycles. The van der Waals surface area contributed by atoms with Crippen LogP contribution < -0.4 is 10.3 Å². The van der Waals surface area contributed by atoms with Crippen LogP contribution >= 0.6 is 0 Å². The fourth-order valence-electron chi connectivity index (χ4n) is 1.48. The van der Waals surface area contributed by atoms with E-state index < -0.39 is 0 Å². The van der Waals surface area contributed by atoms with E-state index in [1.807, 2.05) is 0 Å². The number of hydrogen-bond acceptors (Lipinski definition) is 1. The van der Waals surface area contributed by atoms with Gasteiger partial charge in [0.15, 0.2) is 0 Å². The van der Waals surface area contributed by atoms with Crippen LogP contribution in [0.5, 0.6) is 0 Å². The first-order valence-electron chi connectivity index (χ1n) is 5.61. The van der Waals surface area contributed by atoms with E-state index in [1.54, 1.807) is 0 Å². The summed E-state index contributed by atoms with van der Waals surface area (Å²) in [5.41, 5.74) is 5.45. The van der Waals surface area contributed by atoms with Crippen molar-refractivity contribution in [3.63, 3.8) is 0 Å². The van der Waals surface area contributed by atoms with Crippen molar-refractivity contribution in [1.82, 2.24) is 4.57 Å². The summed E-state index contributed by atoms with van der Waals surface area (Å²) >= 11 is 0. The SMILES string of the molecule is CCCCn1cc[n+](CCCCN)c1. The number of aryl methyl sites for hydroxylation is 2. The molecule has 0 aliphatic rings. The lowest BCUT2D eigenvalue weighted by Gasteiger charge is -1.95. The summed E-state index contributed by atoms with van der Waals surface area (Å²) in [7, 11) is 0. The van der Waals surface area contributed by atoms with E-state index in [4.69, 9.17) is 5.73 Å². The van der Waals surface area contributed by atoms with Crippen LogP contribution in [0, 0.1) is 0 Å². The lowest BCUT2D eigenvalue weighted by atomic mass is 10.3. The average Bonchev–Trinajstić information content (AvgIpc) is 2.63. The fraction of sp³-hybridized carbons (Fsp3) is 0.727. The third-order valence-corrected chi connectivity index (χ3v) is 2.39. The predicted molar refractivity (Wildman–Crippen MR) is 57.8 cm³/mol. The van der Waals surface area contributed by atoms with Gasteiger partial charge in [-0.2, -0.15) is 0 Å². The van der Waals surface area contributed by atoms with Gasteiger partial charge in [0.2, 0.25) is 6.33 Å². The van der Waals surface area contributed by atoms with E-state index in [0.29, 0.717) is 0 Å². The maximum Gasteiger partial charge on any atom is 0.243 e. The summed E-state index contributed by atoms with van der Waals surface area (Å²) in [4.78, 5) is 0. The van der Waals surface area contributed by atoms with Crippen LogP contribution in [0.1, 0.15) is 32.6 Å². The number of nitrogens with zero attached hydrogens (tertiary/aromatic N) is 2. The van der Waals surface area contributed by atoms with Crippen molar-refractivity contribution in [2.75, 3.05) is 6.54 Å². The van der Waals surface area contributed by atoms with E-state index in [-0.39, 0.29) is 0 Å². The smallest absolute Gasteiger partial charge is 0.243 e. The summed E-state index contributed by atoms with van der Waals surface area (Å²) in [5, 5.41) is 0. The minimum Gasteiger partial charge on any atom is -0.330 e. The molecular weight excluding hydrogens is 174 g/mol. The molecule has 0 radical (unpaired) electrons. The van der Waals surface area contributed by atoms with E-state index >= 15 is 0 Å². The molecule has 0 amide bonds. The van der Waals surface area contributed by atoms with Gasteiger partial charge >= 0.3 is 0 Å².